The zero-order valence-corrected chi connectivity index (χ0v) is 14.3. The molecule has 0 bridgehead atoms. The number of nitriles is 1. The number of benzene rings is 2. The minimum Gasteiger partial charge on any atom is -0.381 e. The van der Waals surface area contributed by atoms with Crippen molar-refractivity contribution in [2.75, 3.05) is 5.73 Å². The monoisotopic (exact) mass is 356 g/mol. The van der Waals surface area contributed by atoms with E-state index in [-0.39, 0.29) is 17.3 Å². The summed E-state index contributed by atoms with van der Waals surface area (Å²) >= 11 is 0. The lowest BCUT2D eigenvalue weighted by atomic mass is 10.0. The number of fused-ring (bicyclic) bond motifs is 1. The molecule has 0 aliphatic carbocycles. The molecule has 0 saturated heterocycles. The van der Waals surface area contributed by atoms with E-state index in [1.807, 2.05) is 31.2 Å². The van der Waals surface area contributed by atoms with Crippen molar-refractivity contribution in [3.63, 3.8) is 0 Å². The number of aromatic nitrogens is 4. The van der Waals surface area contributed by atoms with Gasteiger partial charge in [-0.25, -0.2) is 24.3 Å². The van der Waals surface area contributed by atoms with Gasteiger partial charge in [-0.3, -0.25) is 0 Å². The van der Waals surface area contributed by atoms with Gasteiger partial charge in [0.15, 0.2) is 11.5 Å². The van der Waals surface area contributed by atoms with Crippen LogP contribution in [-0.4, -0.2) is 19.9 Å². The van der Waals surface area contributed by atoms with E-state index in [0.29, 0.717) is 17.0 Å². The Labute approximate surface area is 154 Å². The third-order valence-electron chi connectivity index (χ3n) is 4.25. The van der Waals surface area contributed by atoms with Crippen molar-refractivity contribution in [1.29, 1.82) is 5.26 Å². The van der Waals surface area contributed by atoms with Gasteiger partial charge < -0.3 is 5.73 Å². The maximum atomic E-state index is 13.3. The van der Waals surface area contributed by atoms with E-state index >= 15 is 0 Å². The molecule has 27 heavy (non-hydrogen) atoms. The van der Waals surface area contributed by atoms with Crippen LogP contribution in [0.3, 0.4) is 0 Å². The van der Waals surface area contributed by atoms with Crippen molar-refractivity contribution in [2.24, 2.45) is 0 Å². The molecule has 0 unspecified atom stereocenters. The van der Waals surface area contributed by atoms with Crippen molar-refractivity contribution >= 4 is 16.7 Å². The zero-order valence-electron chi connectivity index (χ0n) is 14.3. The van der Waals surface area contributed by atoms with Crippen LogP contribution in [0.5, 0.6) is 0 Å². The van der Waals surface area contributed by atoms with E-state index in [0.717, 1.165) is 22.2 Å². The fraction of sp³-hybridized carbons (Fsp3) is 0.0500. The summed E-state index contributed by atoms with van der Waals surface area (Å²) in [5.74, 6) is -0.325. The third-order valence-corrected chi connectivity index (χ3v) is 4.25. The minimum atomic E-state index is -0.353. The molecule has 0 spiro atoms. The highest BCUT2D eigenvalue weighted by Crippen LogP contribution is 2.32. The highest BCUT2D eigenvalue weighted by molar-refractivity contribution is 5.88. The second-order valence-electron chi connectivity index (χ2n) is 5.96. The van der Waals surface area contributed by atoms with E-state index in [2.05, 4.69) is 19.9 Å². The molecule has 0 fully saturated rings. The van der Waals surface area contributed by atoms with Gasteiger partial charge in [-0.2, -0.15) is 5.26 Å². The predicted octanol–water partition coefficient (Wildman–Crippen LogP) is 3.66. The van der Waals surface area contributed by atoms with Crippen LogP contribution in [-0.2, 0) is 0 Å². The average Bonchev–Trinajstić information content (AvgIpc) is 2.68. The Morgan fingerprint density at radius 3 is 2.41 bits per heavy atom. The lowest BCUT2D eigenvalue weighted by Gasteiger charge is -2.11. The van der Waals surface area contributed by atoms with Crippen molar-refractivity contribution < 1.29 is 4.39 Å². The van der Waals surface area contributed by atoms with Crippen LogP contribution in [0.2, 0.25) is 0 Å². The number of aryl methyl sites for hydroxylation is 1. The molecule has 2 aromatic carbocycles. The highest BCUT2D eigenvalue weighted by atomic mass is 19.1. The molecule has 0 amide bonds. The molecule has 0 aliphatic heterocycles. The predicted molar refractivity (Wildman–Crippen MR) is 99.8 cm³/mol. The summed E-state index contributed by atoms with van der Waals surface area (Å²) in [5, 5.41) is 10.2. The smallest absolute Gasteiger partial charge is 0.183 e. The van der Waals surface area contributed by atoms with Gasteiger partial charge in [0.25, 0.3) is 0 Å². The quantitative estimate of drug-likeness (QED) is 0.588. The molecule has 2 heterocycles. The largest absolute Gasteiger partial charge is 0.381 e. The van der Waals surface area contributed by atoms with Gasteiger partial charge >= 0.3 is 0 Å². The highest BCUT2D eigenvalue weighted by Gasteiger charge is 2.16. The van der Waals surface area contributed by atoms with E-state index < -0.39 is 0 Å². The van der Waals surface area contributed by atoms with E-state index in [9.17, 15) is 9.65 Å². The number of hydrogen-bond donors (Lipinski definition) is 1. The lowest BCUT2D eigenvalue weighted by Crippen LogP contribution is -2.03. The number of nitrogen functional groups attached to an aromatic ring is 1. The van der Waals surface area contributed by atoms with Gasteiger partial charge in [0, 0.05) is 22.2 Å². The Balaban J connectivity index is 2.00. The lowest BCUT2D eigenvalue weighted by molar-refractivity contribution is 0.628. The van der Waals surface area contributed by atoms with Crippen LogP contribution in [0.25, 0.3) is 33.4 Å². The van der Waals surface area contributed by atoms with Crippen molar-refractivity contribution in [3.8, 4) is 28.6 Å². The summed E-state index contributed by atoms with van der Waals surface area (Å²) in [4.78, 5) is 17.2. The third kappa shape index (κ3) is 2.93. The maximum absolute atomic E-state index is 13.3. The summed E-state index contributed by atoms with van der Waals surface area (Å²) in [5.41, 5.74) is 9.89. The van der Waals surface area contributed by atoms with Crippen LogP contribution in [0, 0.1) is 24.1 Å². The first-order valence-electron chi connectivity index (χ1n) is 8.12. The molecule has 0 atom stereocenters. The zero-order chi connectivity index (χ0) is 19.0. The number of rotatable bonds is 2. The second kappa shape index (κ2) is 6.42. The van der Waals surface area contributed by atoms with Gasteiger partial charge in [-0.05, 0) is 43.3 Å². The van der Waals surface area contributed by atoms with Crippen LogP contribution < -0.4 is 5.73 Å². The molecular weight excluding hydrogens is 343 g/mol. The van der Waals surface area contributed by atoms with E-state index in [1.54, 1.807) is 12.1 Å². The first-order valence-corrected chi connectivity index (χ1v) is 8.12. The van der Waals surface area contributed by atoms with Crippen LogP contribution in [0.15, 0.2) is 48.8 Å². The molecule has 0 saturated carbocycles. The Bertz CT molecular complexity index is 1210. The molecule has 0 radical (unpaired) electrons. The normalized spacial score (nSPS) is 10.7. The Hall–Kier alpha value is -3.92. The molecule has 4 aromatic rings. The first kappa shape index (κ1) is 16.5. The van der Waals surface area contributed by atoms with Gasteiger partial charge in [-0.15, -0.1) is 0 Å². The molecule has 130 valence electrons. The summed E-state index contributed by atoms with van der Waals surface area (Å²) in [7, 11) is 0. The summed E-state index contributed by atoms with van der Waals surface area (Å²) in [6.45, 7) is 1.89. The Morgan fingerprint density at radius 2 is 1.67 bits per heavy atom. The molecule has 0 aliphatic rings. The van der Waals surface area contributed by atoms with Gasteiger partial charge in [0.2, 0.25) is 0 Å². The topological polar surface area (TPSA) is 101 Å². The van der Waals surface area contributed by atoms with Gasteiger partial charge in [0.1, 0.15) is 18.2 Å². The molecule has 4 rings (SSSR count). The molecule has 2 aromatic heterocycles. The van der Waals surface area contributed by atoms with Crippen LogP contribution in [0.1, 0.15) is 11.4 Å². The fourth-order valence-electron chi connectivity index (χ4n) is 2.87. The van der Waals surface area contributed by atoms with Crippen molar-refractivity contribution in [2.45, 2.75) is 6.92 Å². The number of halogens is 1. The number of hydrogen-bond acceptors (Lipinski definition) is 6. The van der Waals surface area contributed by atoms with E-state index in [1.165, 1.54) is 18.5 Å². The molecular formula is C20H13FN6. The standard InChI is InChI=1S/C20H13FN6/c1-11-15-8-13(4-7-16(15)25-10-24-11)19-18(12-2-5-14(21)6-3-12)27-20(23)17(9-22)26-19/h2-8,10H,1H3,(H2,23,27). The maximum Gasteiger partial charge on any atom is 0.183 e. The fourth-order valence-corrected chi connectivity index (χ4v) is 2.87. The van der Waals surface area contributed by atoms with Crippen LogP contribution >= 0.6 is 0 Å². The Kier molecular flexibility index (Phi) is 3.94. The number of nitrogens with two attached hydrogens (primary N) is 1. The summed E-state index contributed by atoms with van der Waals surface area (Å²) in [6.07, 6.45) is 1.51. The first-order chi connectivity index (χ1) is 13.1. The summed E-state index contributed by atoms with van der Waals surface area (Å²) in [6, 6.07) is 13.5. The van der Waals surface area contributed by atoms with Crippen LogP contribution in [0.4, 0.5) is 10.2 Å². The molecule has 7 heteroatoms. The molecule has 6 nitrogen and oxygen atoms in total. The Morgan fingerprint density at radius 1 is 0.963 bits per heavy atom. The number of anilines is 1. The van der Waals surface area contributed by atoms with Gasteiger partial charge in [0.05, 0.1) is 16.9 Å². The number of nitrogens with zero attached hydrogens (tertiary/aromatic N) is 5. The average molecular weight is 356 g/mol. The summed E-state index contributed by atoms with van der Waals surface area (Å²) < 4.78 is 13.3. The minimum absolute atomic E-state index is 0.0286. The van der Waals surface area contributed by atoms with Crippen molar-refractivity contribution in [3.05, 3.63) is 66.0 Å². The molecule has 2 N–H and O–H groups in total. The SMILES string of the molecule is Cc1ncnc2ccc(-c3nc(C#N)c(N)nc3-c3ccc(F)cc3)cc12. The van der Waals surface area contributed by atoms with Crippen molar-refractivity contribution in [1.82, 2.24) is 19.9 Å². The second-order valence-corrected chi connectivity index (χ2v) is 5.96. The van der Waals surface area contributed by atoms with E-state index in [4.69, 9.17) is 5.73 Å². The van der Waals surface area contributed by atoms with Gasteiger partial charge in [-0.1, -0.05) is 6.07 Å².